The standard InChI is InChI=1S/C13H17N3O3/c1-3-15(2)13(17)9-4-7-11(14-10-5-6-10)12(8-9)16(18)19/h4,7-8,10,14H,3,5-6H2,1-2H3. The van der Waals surface area contributed by atoms with Crippen LogP contribution in [0.1, 0.15) is 30.1 Å². The van der Waals surface area contributed by atoms with Crippen molar-refractivity contribution in [3.8, 4) is 0 Å². The van der Waals surface area contributed by atoms with Crippen LogP contribution in [-0.2, 0) is 0 Å². The number of rotatable bonds is 5. The highest BCUT2D eigenvalue weighted by atomic mass is 16.6. The first-order valence-electron chi connectivity index (χ1n) is 6.33. The fourth-order valence-corrected chi connectivity index (χ4v) is 1.75. The van der Waals surface area contributed by atoms with Crippen LogP contribution < -0.4 is 5.32 Å². The number of anilines is 1. The molecule has 0 heterocycles. The third kappa shape index (κ3) is 3.01. The molecule has 0 spiro atoms. The summed E-state index contributed by atoms with van der Waals surface area (Å²) in [5.74, 6) is -0.205. The van der Waals surface area contributed by atoms with E-state index in [1.807, 2.05) is 6.92 Å². The summed E-state index contributed by atoms with van der Waals surface area (Å²) in [4.78, 5) is 24.1. The van der Waals surface area contributed by atoms with Crippen LogP contribution in [-0.4, -0.2) is 35.4 Å². The molecule has 2 rings (SSSR count). The Hall–Kier alpha value is -2.11. The number of nitro benzene ring substituents is 1. The van der Waals surface area contributed by atoms with Gasteiger partial charge in [0.1, 0.15) is 5.69 Å². The minimum absolute atomic E-state index is 0.0396. The minimum Gasteiger partial charge on any atom is -0.377 e. The molecule has 0 bridgehead atoms. The molecule has 1 aliphatic rings. The van der Waals surface area contributed by atoms with Gasteiger partial charge < -0.3 is 10.2 Å². The van der Waals surface area contributed by atoms with Crippen LogP contribution in [0.15, 0.2) is 18.2 Å². The highest BCUT2D eigenvalue weighted by Gasteiger charge is 2.25. The summed E-state index contributed by atoms with van der Waals surface area (Å²) in [6.45, 7) is 2.42. The molecule has 1 fully saturated rings. The van der Waals surface area contributed by atoms with Gasteiger partial charge >= 0.3 is 0 Å². The molecule has 102 valence electrons. The van der Waals surface area contributed by atoms with Crippen LogP contribution in [0.25, 0.3) is 0 Å². The van der Waals surface area contributed by atoms with Crippen molar-refractivity contribution >= 4 is 17.3 Å². The molecule has 1 aromatic rings. The highest BCUT2D eigenvalue weighted by molar-refractivity contribution is 5.95. The lowest BCUT2D eigenvalue weighted by Gasteiger charge is -2.15. The Morgan fingerprint density at radius 2 is 2.21 bits per heavy atom. The monoisotopic (exact) mass is 263 g/mol. The number of hydrogen-bond acceptors (Lipinski definition) is 4. The van der Waals surface area contributed by atoms with E-state index < -0.39 is 4.92 Å². The van der Waals surface area contributed by atoms with Gasteiger partial charge in [-0.05, 0) is 31.9 Å². The maximum Gasteiger partial charge on any atom is 0.293 e. The summed E-state index contributed by atoms with van der Waals surface area (Å²) in [6.07, 6.45) is 2.08. The second-order valence-corrected chi connectivity index (χ2v) is 4.73. The van der Waals surface area contributed by atoms with E-state index in [0.29, 0.717) is 23.8 Å². The molecule has 0 atom stereocenters. The van der Waals surface area contributed by atoms with Gasteiger partial charge in [0.2, 0.25) is 0 Å². The van der Waals surface area contributed by atoms with Crippen molar-refractivity contribution in [3.05, 3.63) is 33.9 Å². The largest absolute Gasteiger partial charge is 0.377 e. The van der Waals surface area contributed by atoms with Gasteiger partial charge in [-0.3, -0.25) is 14.9 Å². The highest BCUT2D eigenvalue weighted by Crippen LogP contribution is 2.31. The Morgan fingerprint density at radius 1 is 1.53 bits per heavy atom. The summed E-state index contributed by atoms with van der Waals surface area (Å²) in [5, 5.41) is 14.2. The number of nitrogens with one attached hydrogen (secondary N) is 1. The number of hydrogen-bond donors (Lipinski definition) is 1. The van der Waals surface area contributed by atoms with Gasteiger partial charge in [-0.25, -0.2) is 0 Å². The lowest BCUT2D eigenvalue weighted by atomic mass is 10.1. The predicted octanol–water partition coefficient (Wildman–Crippen LogP) is 2.26. The third-order valence-corrected chi connectivity index (χ3v) is 3.20. The van der Waals surface area contributed by atoms with E-state index in [0.717, 1.165) is 12.8 Å². The molecule has 1 aromatic carbocycles. The molecule has 1 amide bonds. The van der Waals surface area contributed by atoms with Gasteiger partial charge in [0.05, 0.1) is 4.92 Å². The minimum atomic E-state index is -0.451. The van der Waals surface area contributed by atoms with Crippen LogP contribution in [0.3, 0.4) is 0 Å². The lowest BCUT2D eigenvalue weighted by Crippen LogP contribution is -2.26. The predicted molar refractivity (Wildman–Crippen MR) is 72.4 cm³/mol. The Labute approximate surface area is 111 Å². The fourth-order valence-electron chi connectivity index (χ4n) is 1.75. The Bertz CT molecular complexity index is 512. The van der Waals surface area contributed by atoms with E-state index in [2.05, 4.69) is 5.32 Å². The summed E-state index contributed by atoms with van der Waals surface area (Å²) >= 11 is 0. The van der Waals surface area contributed by atoms with Crippen molar-refractivity contribution in [1.82, 2.24) is 4.90 Å². The van der Waals surface area contributed by atoms with E-state index in [-0.39, 0.29) is 11.6 Å². The van der Waals surface area contributed by atoms with Crippen molar-refractivity contribution in [2.75, 3.05) is 18.9 Å². The molecule has 0 saturated heterocycles. The Balaban J connectivity index is 2.29. The maximum absolute atomic E-state index is 12.0. The Morgan fingerprint density at radius 3 is 2.74 bits per heavy atom. The van der Waals surface area contributed by atoms with Crippen LogP contribution in [0.4, 0.5) is 11.4 Å². The molecule has 0 aromatic heterocycles. The zero-order valence-electron chi connectivity index (χ0n) is 11.0. The second kappa shape index (κ2) is 5.26. The van der Waals surface area contributed by atoms with Crippen molar-refractivity contribution in [1.29, 1.82) is 0 Å². The van der Waals surface area contributed by atoms with E-state index in [9.17, 15) is 14.9 Å². The smallest absolute Gasteiger partial charge is 0.293 e. The molecule has 0 unspecified atom stereocenters. The van der Waals surface area contributed by atoms with Crippen LogP contribution in [0.2, 0.25) is 0 Å². The molecular weight excluding hydrogens is 246 g/mol. The number of nitro groups is 1. The summed E-state index contributed by atoms with van der Waals surface area (Å²) in [5.41, 5.74) is 0.794. The van der Waals surface area contributed by atoms with E-state index in [1.54, 1.807) is 19.2 Å². The van der Waals surface area contributed by atoms with Gasteiger partial charge in [-0.15, -0.1) is 0 Å². The molecule has 19 heavy (non-hydrogen) atoms. The normalized spacial score (nSPS) is 14.0. The zero-order chi connectivity index (χ0) is 14.0. The second-order valence-electron chi connectivity index (χ2n) is 4.73. The van der Waals surface area contributed by atoms with E-state index >= 15 is 0 Å². The number of benzene rings is 1. The SMILES string of the molecule is CCN(C)C(=O)c1ccc(NC2CC2)c([N+](=O)[O-])c1. The average molecular weight is 263 g/mol. The van der Waals surface area contributed by atoms with Gasteiger partial charge in [-0.2, -0.15) is 0 Å². The number of amides is 1. The molecular formula is C13H17N3O3. The van der Waals surface area contributed by atoms with Crippen molar-refractivity contribution in [3.63, 3.8) is 0 Å². The van der Waals surface area contributed by atoms with Crippen molar-refractivity contribution in [2.24, 2.45) is 0 Å². The molecule has 0 aliphatic heterocycles. The van der Waals surface area contributed by atoms with E-state index in [4.69, 9.17) is 0 Å². The summed E-state index contributed by atoms with van der Waals surface area (Å²) in [7, 11) is 1.67. The van der Waals surface area contributed by atoms with Crippen LogP contribution in [0.5, 0.6) is 0 Å². The maximum atomic E-state index is 12.0. The summed E-state index contributed by atoms with van der Waals surface area (Å²) in [6, 6.07) is 4.93. The Kier molecular flexibility index (Phi) is 3.69. The van der Waals surface area contributed by atoms with Crippen LogP contribution >= 0.6 is 0 Å². The first-order chi connectivity index (χ1) is 9.02. The molecule has 1 saturated carbocycles. The molecule has 1 N–H and O–H groups in total. The first-order valence-corrected chi connectivity index (χ1v) is 6.33. The van der Waals surface area contributed by atoms with Gasteiger partial charge in [0, 0.05) is 31.3 Å². The number of nitrogens with zero attached hydrogens (tertiary/aromatic N) is 2. The molecule has 0 radical (unpaired) electrons. The van der Waals surface area contributed by atoms with Crippen molar-refractivity contribution in [2.45, 2.75) is 25.8 Å². The fraction of sp³-hybridized carbons (Fsp3) is 0.462. The average Bonchev–Trinajstić information content (AvgIpc) is 3.21. The first kappa shape index (κ1) is 13.3. The zero-order valence-corrected chi connectivity index (χ0v) is 11.0. The quantitative estimate of drug-likeness (QED) is 0.653. The topological polar surface area (TPSA) is 75.5 Å². The third-order valence-electron chi connectivity index (χ3n) is 3.20. The van der Waals surface area contributed by atoms with Gasteiger partial charge in [-0.1, -0.05) is 0 Å². The lowest BCUT2D eigenvalue weighted by molar-refractivity contribution is -0.384. The van der Waals surface area contributed by atoms with E-state index in [1.165, 1.54) is 11.0 Å². The molecule has 6 nitrogen and oxygen atoms in total. The number of carbonyl (C=O) groups is 1. The van der Waals surface area contributed by atoms with Crippen LogP contribution in [0, 0.1) is 10.1 Å². The molecule has 1 aliphatic carbocycles. The summed E-state index contributed by atoms with van der Waals surface area (Å²) < 4.78 is 0. The van der Waals surface area contributed by atoms with Crippen molar-refractivity contribution < 1.29 is 9.72 Å². The van der Waals surface area contributed by atoms with Gasteiger partial charge in [0.15, 0.2) is 0 Å². The molecule has 6 heteroatoms. The van der Waals surface area contributed by atoms with Gasteiger partial charge in [0.25, 0.3) is 11.6 Å². The number of carbonyl (C=O) groups excluding carboxylic acids is 1.